The minimum atomic E-state index is -0.661. The molecular weight excluding hydrogens is 330 g/mol. The number of para-hydroxylation sites is 1. The highest BCUT2D eigenvalue weighted by molar-refractivity contribution is 6.03. The van der Waals surface area contributed by atoms with E-state index in [4.69, 9.17) is 4.74 Å². The second-order valence-corrected chi connectivity index (χ2v) is 4.78. The first-order valence-corrected chi connectivity index (χ1v) is 6.97. The summed E-state index contributed by atoms with van der Waals surface area (Å²) in [5.74, 6) is -0.383. The highest BCUT2D eigenvalue weighted by Crippen LogP contribution is 2.29. The van der Waals surface area contributed by atoms with Gasteiger partial charge >= 0.3 is 0 Å². The minimum Gasteiger partial charge on any atom is -0.496 e. The number of benzene rings is 2. The molecule has 9 nitrogen and oxygen atoms in total. The van der Waals surface area contributed by atoms with Crippen LogP contribution in [0.25, 0.3) is 6.08 Å². The number of nitrogens with zero attached hydrogens (tertiary/aromatic N) is 2. The second kappa shape index (κ2) is 7.68. The lowest BCUT2D eigenvalue weighted by Gasteiger charge is -2.05. The fraction of sp³-hybridized carbons (Fsp3) is 0.0625. The van der Waals surface area contributed by atoms with Gasteiger partial charge in [-0.15, -0.1) is 0 Å². The lowest BCUT2D eigenvalue weighted by Crippen LogP contribution is -2.09. The van der Waals surface area contributed by atoms with Crippen LogP contribution in [-0.4, -0.2) is 22.9 Å². The number of rotatable bonds is 6. The summed E-state index contributed by atoms with van der Waals surface area (Å²) in [5.41, 5.74) is -0.247. The summed E-state index contributed by atoms with van der Waals surface area (Å²) in [6, 6.07) is 9.89. The molecule has 0 saturated carbocycles. The molecule has 9 heteroatoms. The van der Waals surface area contributed by atoms with E-state index in [9.17, 15) is 25.0 Å². The number of anilines is 1. The van der Waals surface area contributed by atoms with Gasteiger partial charge in [-0.1, -0.05) is 12.1 Å². The number of nitro groups is 2. The summed E-state index contributed by atoms with van der Waals surface area (Å²) in [4.78, 5) is 32.8. The van der Waals surface area contributed by atoms with Crippen LogP contribution in [0.2, 0.25) is 0 Å². The van der Waals surface area contributed by atoms with Crippen molar-refractivity contribution in [2.45, 2.75) is 0 Å². The van der Waals surface area contributed by atoms with E-state index in [0.717, 1.165) is 6.08 Å². The third-order valence-electron chi connectivity index (χ3n) is 3.21. The molecule has 2 aromatic rings. The number of hydrogen-bond donors (Lipinski definition) is 1. The van der Waals surface area contributed by atoms with Crippen LogP contribution < -0.4 is 10.1 Å². The zero-order valence-electron chi connectivity index (χ0n) is 13.0. The molecule has 0 aliphatic carbocycles. The minimum absolute atomic E-state index is 0.0111. The summed E-state index contributed by atoms with van der Waals surface area (Å²) < 4.78 is 4.91. The van der Waals surface area contributed by atoms with E-state index in [1.165, 1.54) is 49.6 Å². The molecule has 0 bridgehead atoms. The maximum Gasteiger partial charge on any atom is 0.296 e. The lowest BCUT2D eigenvalue weighted by atomic mass is 10.1. The molecule has 0 fully saturated rings. The van der Waals surface area contributed by atoms with Crippen LogP contribution in [0.15, 0.2) is 48.5 Å². The smallest absolute Gasteiger partial charge is 0.296 e. The first-order chi connectivity index (χ1) is 11.9. The van der Waals surface area contributed by atoms with E-state index in [0.29, 0.717) is 0 Å². The molecule has 0 unspecified atom stereocenters. The van der Waals surface area contributed by atoms with Gasteiger partial charge in [-0.2, -0.15) is 0 Å². The zero-order chi connectivity index (χ0) is 18.4. The van der Waals surface area contributed by atoms with Crippen molar-refractivity contribution in [3.05, 3.63) is 74.3 Å². The van der Waals surface area contributed by atoms with Crippen molar-refractivity contribution >= 4 is 29.0 Å². The van der Waals surface area contributed by atoms with Crippen molar-refractivity contribution in [3.8, 4) is 5.75 Å². The van der Waals surface area contributed by atoms with Gasteiger partial charge in [0.05, 0.1) is 28.6 Å². The lowest BCUT2D eigenvalue weighted by molar-refractivity contribution is -0.385. The first-order valence-electron chi connectivity index (χ1n) is 6.97. The number of carbonyl (C=O) groups excluding carboxylic acids is 1. The van der Waals surface area contributed by atoms with E-state index in [2.05, 4.69) is 5.32 Å². The van der Waals surface area contributed by atoms with E-state index in [1.54, 1.807) is 6.07 Å². The molecule has 0 radical (unpaired) electrons. The molecule has 0 atom stereocenters. The largest absolute Gasteiger partial charge is 0.496 e. The molecule has 0 aliphatic heterocycles. The summed E-state index contributed by atoms with van der Waals surface area (Å²) in [6.45, 7) is 0. The van der Waals surface area contributed by atoms with E-state index in [1.807, 2.05) is 0 Å². The average molecular weight is 343 g/mol. The number of nitrogens with one attached hydrogen (secondary N) is 1. The molecule has 0 spiro atoms. The molecule has 2 aromatic carbocycles. The van der Waals surface area contributed by atoms with E-state index < -0.39 is 15.8 Å². The molecule has 0 aliphatic rings. The first kappa shape index (κ1) is 17.6. The fourth-order valence-electron chi connectivity index (χ4n) is 2.03. The molecule has 2 rings (SSSR count). The standard InChI is InChI=1S/C16H13N3O6/c1-25-12-7-8-13(15(10-12)19(23)24)17-16(20)9-6-11-4-2-3-5-14(11)18(21)22/h2-10H,1H3,(H,17,20)/b9-6+. The average Bonchev–Trinajstić information content (AvgIpc) is 2.60. The van der Waals surface area contributed by atoms with Crippen molar-refractivity contribution in [1.29, 1.82) is 0 Å². The summed E-state index contributed by atoms with van der Waals surface area (Å²) in [5, 5.41) is 24.4. The van der Waals surface area contributed by atoms with Crippen LogP contribution in [-0.2, 0) is 4.79 Å². The Morgan fingerprint density at radius 2 is 1.76 bits per heavy atom. The van der Waals surface area contributed by atoms with Crippen LogP contribution in [0.1, 0.15) is 5.56 Å². The Kier molecular flexibility index (Phi) is 5.41. The molecular formula is C16H13N3O6. The van der Waals surface area contributed by atoms with Crippen molar-refractivity contribution < 1.29 is 19.4 Å². The van der Waals surface area contributed by atoms with Crippen molar-refractivity contribution in [3.63, 3.8) is 0 Å². The predicted octanol–water partition coefficient (Wildman–Crippen LogP) is 3.16. The van der Waals surface area contributed by atoms with Gasteiger partial charge in [-0.25, -0.2) is 0 Å². The maximum atomic E-state index is 12.0. The topological polar surface area (TPSA) is 125 Å². The van der Waals surface area contributed by atoms with Crippen LogP contribution >= 0.6 is 0 Å². The Morgan fingerprint density at radius 3 is 2.40 bits per heavy atom. The van der Waals surface area contributed by atoms with Crippen LogP contribution in [0.3, 0.4) is 0 Å². The monoisotopic (exact) mass is 343 g/mol. The second-order valence-electron chi connectivity index (χ2n) is 4.78. The Bertz CT molecular complexity index is 863. The number of hydrogen-bond acceptors (Lipinski definition) is 6. The van der Waals surface area contributed by atoms with Gasteiger partial charge in [-0.3, -0.25) is 25.0 Å². The molecule has 0 heterocycles. The summed E-state index contributed by atoms with van der Waals surface area (Å²) in [6.07, 6.45) is 2.33. The molecule has 1 amide bonds. The van der Waals surface area contributed by atoms with Crippen molar-refractivity contribution in [2.24, 2.45) is 0 Å². The van der Waals surface area contributed by atoms with E-state index in [-0.39, 0.29) is 28.4 Å². The molecule has 128 valence electrons. The third-order valence-corrected chi connectivity index (χ3v) is 3.21. The number of nitro benzene ring substituents is 2. The van der Waals surface area contributed by atoms with Crippen LogP contribution in [0.4, 0.5) is 17.1 Å². The number of carbonyl (C=O) groups is 1. The van der Waals surface area contributed by atoms with Crippen LogP contribution in [0.5, 0.6) is 5.75 Å². The Hall–Kier alpha value is -3.75. The maximum absolute atomic E-state index is 12.0. The van der Waals surface area contributed by atoms with Crippen molar-refractivity contribution in [1.82, 2.24) is 0 Å². The summed E-state index contributed by atoms with van der Waals surface area (Å²) >= 11 is 0. The third kappa shape index (κ3) is 4.38. The SMILES string of the molecule is COc1ccc(NC(=O)/C=C/c2ccccc2[N+](=O)[O-])c([N+](=O)[O-])c1. The zero-order valence-corrected chi connectivity index (χ0v) is 13.0. The number of methoxy groups -OCH3 is 1. The van der Waals surface area contributed by atoms with Gasteiger partial charge in [0.1, 0.15) is 11.4 Å². The molecule has 25 heavy (non-hydrogen) atoms. The predicted molar refractivity (Wildman–Crippen MR) is 90.4 cm³/mol. The van der Waals surface area contributed by atoms with E-state index >= 15 is 0 Å². The van der Waals surface area contributed by atoms with Gasteiger partial charge in [0.25, 0.3) is 11.4 Å². The van der Waals surface area contributed by atoms with Gasteiger partial charge in [0.2, 0.25) is 5.91 Å². The van der Waals surface area contributed by atoms with Gasteiger partial charge in [0.15, 0.2) is 0 Å². The van der Waals surface area contributed by atoms with Crippen molar-refractivity contribution in [2.75, 3.05) is 12.4 Å². The molecule has 0 aromatic heterocycles. The highest BCUT2D eigenvalue weighted by atomic mass is 16.6. The van der Waals surface area contributed by atoms with Gasteiger partial charge in [0, 0.05) is 12.1 Å². The van der Waals surface area contributed by atoms with Crippen LogP contribution in [0, 0.1) is 20.2 Å². The molecule has 1 N–H and O–H groups in total. The molecule has 0 saturated heterocycles. The number of amides is 1. The van der Waals surface area contributed by atoms with Gasteiger partial charge < -0.3 is 10.1 Å². The Labute approximate surface area is 141 Å². The fourth-order valence-corrected chi connectivity index (χ4v) is 2.03. The Morgan fingerprint density at radius 1 is 1.08 bits per heavy atom. The number of ether oxygens (including phenoxy) is 1. The Balaban J connectivity index is 2.21. The normalized spacial score (nSPS) is 10.4. The van der Waals surface area contributed by atoms with Gasteiger partial charge in [-0.05, 0) is 24.3 Å². The summed E-state index contributed by atoms with van der Waals surface area (Å²) in [7, 11) is 1.37. The highest BCUT2D eigenvalue weighted by Gasteiger charge is 2.16. The quantitative estimate of drug-likeness (QED) is 0.488.